The van der Waals surface area contributed by atoms with E-state index < -0.39 is 18.0 Å². The summed E-state index contributed by atoms with van der Waals surface area (Å²) in [4.78, 5) is 37.4. The van der Waals surface area contributed by atoms with Crippen molar-refractivity contribution in [2.75, 3.05) is 18.5 Å². The molecule has 0 spiro atoms. The van der Waals surface area contributed by atoms with Crippen molar-refractivity contribution in [3.63, 3.8) is 0 Å². The van der Waals surface area contributed by atoms with Crippen molar-refractivity contribution in [2.45, 2.75) is 33.8 Å². The minimum atomic E-state index is -0.766. The highest BCUT2D eigenvalue weighted by atomic mass is 32.1. The van der Waals surface area contributed by atoms with Crippen LogP contribution in [0.15, 0.2) is 53.9 Å². The summed E-state index contributed by atoms with van der Waals surface area (Å²) in [6.07, 6.45) is -0.766. The normalized spacial score (nSPS) is 11.4. The molecule has 2 aromatic carbocycles. The van der Waals surface area contributed by atoms with E-state index in [4.69, 9.17) is 14.2 Å². The second-order valence-corrected chi connectivity index (χ2v) is 8.31. The lowest BCUT2D eigenvalue weighted by Crippen LogP contribution is -2.26. The van der Waals surface area contributed by atoms with Crippen molar-refractivity contribution in [1.82, 2.24) is 0 Å². The molecule has 0 radical (unpaired) electrons. The first kappa shape index (κ1) is 25.0. The second-order valence-electron chi connectivity index (χ2n) is 7.43. The average molecular weight is 482 g/mol. The Bertz CT molecular complexity index is 1150. The van der Waals surface area contributed by atoms with Crippen LogP contribution in [0.25, 0.3) is 11.1 Å². The van der Waals surface area contributed by atoms with Crippen molar-refractivity contribution >= 4 is 34.2 Å². The van der Waals surface area contributed by atoms with Crippen molar-refractivity contribution in [1.29, 1.82) is 0 Å². The molecule has 0 saturated carbocycles. The summed E-state index contributed by atoms with van der Waals surface area (Å²) >= 11 is 1.26. The maximum absolute atomic E-state index is 12.9. The summed E-state index contributed by atoms with van der Waals surface area (Å²) in [6, 6.07) is 14.2. The Hall–Kier alpha value is -3.65. The Morgan fingerprint density at radius 3 is 2.21 bits per heavy atom. The molecule has 1 aromatic heterocycles. The molecule has 7 nitrogen and oxygen atoms in total. The molecule has 178 valence electrons. The number of amides is 1. The lowest BCUT2D eigenvalue weighted by Gasteiger charge is -2.13. The molecule has 0 aliphatic carbocycles. The van der Waals surface area contributed by atoms with Gasteiger partial charge in [0, 0.05) is 16.5 Å². The van der Waals surface area contributed by atoms with Gasteiger partial charge in [0.05, 0.1) is 13.2 Å². The average Bonchev–Trinajstić information content (AvgIpc) is 3.23. The number of rotatable bonds is 9. The number of esters is 2. The number of benzene rings is 2. The van der Waals surface area contributed by atoms with Crippen molar-refractivity contribution < 1.29 is 28.6 Å². The largest absolute Gasteiger partial charge is 0.479 e. The predicted octanol–water partition coefficient (Wildman–Crippen LogP) is 5.48. The highest BCUT2D eigenvalue weighted by Gasteiger charge is 2.23. The number of carbonyl (C=O) groups excluding carboxylic acids is 3. The molecule has 8 heteroatoms. The van der Waals surface area contributed by atoms with Gasteiger partial charge in [-0.05, 0) is 57.5 Å². The molecule has 3 rings (SSSR count). The molecule has 0 bridgehead atoms. The Kier molecular flexibility index (Phi) is 8.43. The fourth-order valence-electron chi connectivity index (χ4n) is 3.17. The van der Waals surface area contributed by atoms with E-state index in [1.807, 2.05) is 36.6 Å². The van der Waals surface area contributed by atoms with Crippen LogP contribution >= 0.6 is 11.3 Å². The Balaban J connectivity index is 1.79. The van der Waals surface area contributed by atoms with Gasteiger partial charge in [0.1, 0.15) is 16.3 Å². The zero-order valence-corrected chi connectivity index (χ0v) is 20.4. The van der Waals surface area contributed by atoms with E-state index in [0.717, 1.165) is 11.1 Å². The van der Waals surface area contributed by atoms with E-state index in [9.17, 15) is 14.4 Å². The molecule has 3 aromatic rings. The van der Waals surface area contributed by atoms with Crippen LogP contribution in [0.4, 0.5) is 5.00 Å². The first-order valence-electron chi connectivity index (χ1n) is 10.9. The number of hydrogen-bond acceptors (Lipinski definition) is 7. The van der Waals surface area contributed by atoms with Crippen molar-refractivity contribution in [3.8, 4) is 16.9 Å². The molecular weight excluding hydrogens is 454 g/mol. The van der Waals surface area contributed by atoms with Gasteiger partial charge in [-0.15, -0.1) is 11.3 Å². The quantitative estimate of drug-likeness (QED) is 0.407. The number of anilines is 1. The topological polar surface area (TPSA) is 90.9 Å². The Labute approximate surface area is 202 Å². The third-order valence-corrected chi connectivity index (χ3v) is 5.80. The Morgan fingerprint density at radius 2 is 1.59 bits per heavy atom. The molecule has 34 heavy (non-hydrogen) atoms. The van der Waals surface area contributed by atoms with E-state index in [1.165, 1.54) is 11.3 Å². The van der Waals surface area contributed by atoms with Gasteiger partial charge in [-0.2, -0.15) is 0 Å². The summed E-state index contributed by atoms with van der Waals surface area (Å²) in [7, 11) is 0. The van der Waals surface area contributed by atoms with Gasteiger partial charge in [0.25, 0.3) is 5.91 Å². The molecule has 0 aliphatic rings. The van der Waals surface area contributed by atoms with Gasteiger partial charge in [-0.25, -0.2) is 9.59 Å². The minimum absolute atomic E-state index is 0.223. The van der Waals surface area contributed by atoms with Gasteiger partial charge >= 0.3 is 11.9 Å². The maximum Gasteiger partial charge on any atom is 0.347 e. The van der Waals surface area contributed by atoms with Crippen LogP contribution in [0.3, 0.4) is 0 Å². The van der Waals surface area contributed by atoms with Gasteiger partial charge < -0.3 is 19.5 Å². The number of ether oxygens (including phenoxy) is 3. The van der Waals surface area contributed by atoms with Crippen LogP contribution in [0.5, 0.6) is 5.75 Å². The maximum atomic E-state index is 12.9. The lowest BCUT2D eigenvalue weighted by atomic mass is 10.0. The van der Waals surface area contributed by atoms with Crippen LogP contribution in [0.1, 0.15) is 47.1 Å². The first-order chi connectivity index (χ1) is 16.3. The third kappa shape index (κ3) is 6.02. The number of thiophene rings is 1. The van der Waals surface area contributed by atoms with E-state index in [-0.39, 0.29) is 19.1 Å². The number of nitrogens with one attached hydrogen (secondary N) is 1. The van der Waals surface area contributed by atoms with E-state index in [2.05, 4.69) is 5.32 Å². The fraction of sp³-hybridized carbons (Fsp3) is 0.269. The lowest BCUT2D eigenvalue weighted by molar-refractivity contribution is -0.150. The molecule has 1 N–H and O–H groups in total. The predicted molar refractivity (Wildman–Crippen MR) is 132 cm³/mol. The smallest absolute Gasteiger partial charge is 0.347 e. The zero-order chi connectivity index (χ0) is 24.7. The summed E-state index contributed by atoms with van der Waals surface area (Å²) < 4.78 is 15.7. The van der Waals surface area contributed by atoms with Gasteiger partial charge in [0.2, 0.25) is 0 Å². The third-order valence-electron chi connectivity index (χ3n) is 4.91. The van der Waals surface area contributed by atoms with Crippen LogP contribution in [0.2, 0.25) is 0 Å². The van der Waals surface area contributed by atoms with Crippen LogP contribution in [-0.2, 0) is 14.3 Å². The summed E-state index contributed by atoms with van der Waals surface area (Å²) in [5, 5.41) is 5.07. The number of carbonyl (C=O) groups is 3. The highest BCUT2D eigenvalue weighted by molar-refractivity contribution is 7.15. The molecule has 1 atom stereocenters. The van der Waals surface area contributed by atoms with Gasteiger partial charge in [0.15, 0.2) is 6.10 Å². The van der Waals surface area contributed by atoms with Crippen LogP contribution < -0.4 is 10.1 Å². The minimum Gasteiger partial charge on any atom is -0.479 e. The molecular formula is C26H27NO6S. The molecule has 1 amide bonds. The Morgan fingerprint density at radius 1 is 0.941 bits per heavy atom. The summed E-state index contributed by atoms with van der Waals surface area (Å²) in [6.45, 7) is 7.54. The van der Waals surface area contributed by atoms with Crippen molar-refractivity contribution in [2.24, 2.45) is 0 Å². The van der Waals surface area contributed by atoms with E-state index in [0.29, 0.717) is 27.4 Å². The molecule has 0 unspecified atom stereocenters. The van der Waals surface area contributed by atoms with E-state index >= 15 is 0 Å². The first-order valence-corrected chi connectivity index (χ1v) is 11.8. The van der Waals surface area contributed by atoms with Crippen LogP contribution in [0, 0.1) is 6.92 Å². The standard InChI is InChI=1S/C26H27NO6S/c1-5-31-25(29)17(4)33-20-13-11-19(12-14-20)23(28)27-24-22(26(30)32-6-2)21(15-34-24)18-9-7-16(3)8-10-18/h7-15,17H,5-6H2,1-4H3,(H,27,28)/t17-/m0/s1. The van der Waals surface area contributed by atoms with Gasteiger partial charge in [-0.1, -0.05) is 29.8 Å². The number of hydrogen-bond donors (Lipinski definition) is 1. The van der Waals surface area contributed by atoms with Crippen molar-refractivity contribution in [3.05, 3.63) is 70.6 Å². The summed E-state index contributed by atoms with van der Waals surface area (Å²) in [5.41, 5.74) is 3.37. The monoisotopic (exact) mass is 481 g/mol. The van der Waals surface area contributed by atoms with Crippen LogP contribution in [-0.4, -0.2) is 37.2 Å². The number of aryl methyl sites for hydroxylation is 1. The molecule has 0 saturated heterocycles. The summed E-state index contributed by atoms with van der Waals surface area (Å²) in [5.74, 6) is -0.904. The SMILES string of the molecule is CCOC(=O)c1c(-c2ccc(C)cc2)csc1NC(=O)c1ccc(O[C@@H](C)C(=O)OCC)cc1. The molecule has 0 fully saturated rings. The molecule has 1 heterocycles. The second kappa shape index (κ2) is 11.5. The fourth-order valence-corrected chi connectivity index (χ4v) is 4.13. The van der Waals surface area contributed by atoms with E-state index in [1.54, 1.807) is 45.0 Å². The zero-order valence-electron chi connectivity index (χ0n) is 19.5. The van der Waals surface area contributed by atoms with Gasteiger partial charge in [-0.3, -0.25) is 4.79 Å². The highest BCUT2D eigenvalue weighted by Crippen LogP contribution is 2.36. The molecule has 0 aliphatic heterocycles.